The predicted octanol–water partition coefficient (Wildman–Crippen LogP) is 0.827. The molecule has 0 bridgehead atoms. The number of nitrogens with one attached hydrogen (secondary N) is 1. The fourth-order valence-corrected chi connectivity index (χ4v) is 5.20. The van der Waals surface area contributed by atoms with Gasteiger partial charge < -0.3 is 19.7 Å². The number of nitrogens with zero attached hydrogens (tertiary/aromatic N) is 4. The van der Waals surface area contributed by atoms with Crippen LogP contribution in [0.25, 0.3) is 10.2 Å². The van der Waals surface area contributed by atoms with Crippen molar-refractivity contribution in [1.29, 1.82) is 0 Å². The number of hydrogen-bond donors (Lipinski definition) is 1. The monoisotopic (exact) mass is 445 g/mol. The van der Waals surface area contributed by atoms with Crippen molar-refractivity contribution in [1.82, 2.24) is 24.7 Å². The second-order valence-corrected chi connectivity index (χ2v) is 9.35. The lowest BCUT2D eigenvalue weighted by atomic mass is 10.2. The zero-order valence-corrected chi connectivity index (χ0v) is 18.7. The van der Waals surface area contributed by atoms with E-state index in [1.54, 1.807) is 14.7 Å². The van der Waals surface area contributed by atoms with Crippen LogP contribution in [0.15, 0.2) is 4.79 Å². The number of aryl methyl sites for hydroxylation is 3. The normalized spacial score (nSPS) is 16.9. The van der Waals surface area contributed by atoms with E-state index in [0.29, 0.717) is 61.7 Å². The van der Waals surface area contributed by atoms with Crippen LogP contribution in [0.2, 0.25) is 0 Å². The molecule has 31 heavy (non-hydrogen) atoms. The van der Waals surface area contributed by atoms with E-state index in [1.165, 1.54) is 11.3 Å². The van der Waals surface area contributed by atoms with Crippen LogP contribution in [-0.4, -0.2) is 81.7 Å². The molecule has 4 heterocycles. The van der Waals surface area contributed by atoms with Gasteiger partial charge in [0, 0.05) is 57.0 Å². The van der Waals surface area contributed by atoms with Crippen molar-refractivity contribution in [2.75, 3.05) is 39.3 Å². The van der Waals surface area contributed by atoms with Crippen LogP contribution in [0, 0.1) is 13.8 Å². The number of carbonyl (C=O) groups excluding carboxylic acids is 3. The molecule has 0 aliphatic carbocycles. The Balaban J connectivity index is 1.30. The third-order valence-electron chi connectivity index (χ3n) is 6.16. The minimum absolute atomic E-state index is 0.0424. The van der Waals surface area contributed by atoms with Gasteiger partial charge in [-0.15, -0.1) is 11.3 Å². The number of fused-ring (bicyclic) bond motifs is 1. The van der Waals surface area contributed by atoms with Crippen LogP contribution in [0.3, 0.4) is 0 Å². The summed E-state index contributed by atoms with van der Waals surface area (Å²) in [5.41, 5.74) is 0.788. The van der Waals surface area contributed by atoms with Gasteiger partial charge in [-0.1, -0.05) is 0 Å². The minimum atomic E-state index is -0.467. The Bertz CT molecular complexity index is 1080. The van der Waals surface area contributed by atoms with Gasteiger partial charge in [-0.05, 0) is 32.3 Å². The first kappa shape index (κ1) is 21.5. The third-order valence-corrected chi connectivity index (χ3v) is 7.26. The van der Waals surface area contributed by atoms with Gasteiger partial charge in [-0.25, -0.2) is 4.98 Å². The van der Waals surface area contributed by atoms with E-state index < -0.39 is 11.8 Å². The second kappa shape index (κ2) is 8.78. The number of H-pyrrole nitrogens is 1. The lowest BCUT2D eigenvalue weighted by Crippen LogP contribution is -2.54. The van der Waals surface area contributed by atoms with Crippen molar-refractivity contribution in [2.24, 2.45) is 0 Å². The maximum Gasteiger partial charge on any atom is 0.312 e. The molecule has 9 nitrogen and oxygen atoms in total. The SMILES string of the molecule is Cc1sc2nc(CCC(=O)N3CCN(C(=O)C(=O)N4CCCC4)CC3)[nH]c(=O)c2c1C. The molecular formula is C21H27N5O4S. The smallest absolute Gasteiger partial charge is 0.312 e. The Morgan fingerprint density at radius 3 is 2.16 bits per heavy atom. The van der Waals surface area contributed by atoms with Crippen molar-refractivity contribution in [3.8, 4) is 0 Å². The summed E-state index contributed by atoms with van der Waals surface area (Å²) in [6.07, 6.45) is 2.48. The zero-order valence-electron chi connectivity index (χ0n) is 17.9. The van der Waals surface area contributed by atoms with Crippen LogP contribution < -0.4 is 5.56 Å². The molecule has 2 fully saturated rings. The lowest BCUT2D eigenvalue weighted by Gasteiger charge is -2.35. The number of amides is 3. The van der Waals surface area contributed by atoms with Crippen molar-refractivity contribution in [3.63, 3.8) is 0 Å². The molecule has 10 heteroatoms. The molecule has 0 atom stereocenters. The molecule has 2 saturated heterocycles. The molecule has 2 aromatic rings. The number of thiophene rings is 1. The molecule has 2 aliphatic heterocycles. The quantitative estimate of drug-likeness (QED) is 0.705. The molecule has 0 radical (unpaired) electrons. The first-order chi connectivity index (χ1) is 14.8. The fourth-order valence-electron chi connectivity index (χ4n) is 4.15. The van der Waals surface area contributed by atoms with Gasteiger partial charge in [0.05, 0.1) is 5.39 Å². The van der Waals surface area contributed by atoms with E-state index in [9.17, 15) is 19.2 Å². The first-order valence-corrected chi connectivity index (χ1v) is 11.5. The molecule has 4 rings (SSSR count). The zero-order chi connectivity index (χ0) is 22.1. The molecule has 0 saturated carbocycles. The minimum Gasteiger partial charge on any atom is -0.339 e. The van der Waals surface area contributed by atoms with E-state index in [4.69, 9.17) is 0 Å². The number of likely N-dealkylation sites (tertiary alicyclic amines) is 1. The van der Waals surface area contributed by atoms with Crippen LogP contribution in [0.4, 0.5) is 0 Å². The Hall–Kier alpha value is -2.75. The maximum atomic E-state index is 12.6. The van der Waals surface area contributed by atoms with Gasteiger partial charge in [0.2, 0.25) is 5.91 Å². The summed E-state index contributed by atoms with van der Waals surface area (Å²) in [5, 5.41) is 0.627. The first-order valence-electron chi connectivity index (χ1n) is 10.7. The van der Waals surface area contributed by atoms with Gasteiger partial charge in [-0.3, -0.25) is 19.2 Å². The molecule has 1 N–H and O–H groups in total. The van der Waals surface area contributed by atoms with Crippen molar-refractivity contribution in [2.45, 2.75) is 39.5 Å². The van der Waals surface area contributed by atoms with Gasteiger partial charge in [0.25, 0.3) is 5.56 Å². The number of rotatable bonds is 3. The van der Waals surface area contributed by atoms with Gasteiger partial charge >= 0.3 is 11.8 Å². The van der Waals surface area contributed by atoms with E-state index in [2.05, 4.69) is 9.97 Å². The Labute approximate surface area is 184 Å². The van der Waals surface area contributed by atoms with Crippen LogP contribution in [0.1, 0.15) is 35.5 Å². The number of piperazine rings is 1. The summed E-state index contributed by atoms with van der Waals surface area (Å²) in [6, 6.07) is 0. The average Bonchev–Trinajstić information content (AvgIpc) is 3.40. The van der Waals surface area contributed by atoms with Gasteiger partial charge in [0.1, 0.15) is 10.7 Å². The number of aromatic nitrogens is 2. The molecule has 2 aliphatic rings. The highest BCUT2D eigenvalue weighted by Crippen LogP contribution is 2.25. The molecule has 0 unspecified atom stereocenters. The Kier molecular flexibility index (Phi) is 6.08. The topological polar surface area (TPSA) is 107 Å². The van der Waals surface area contributed by atoms with E-state index in [0.717, 1.165) is 23.3 Å². The molecule has 166 valence electrons. The van der Waals surface area contributed by atoms with Crippen LogP contribution >= 0.6 is 11.3 Å². The average molecular weight is 446 g/mol. The summed E-state index contributed by atoms with van der Waals surface area (Å²) in [6.45, 7) is 6.71. The predicted molar refractivity (Wildman–Crippen MR) is 117 cm³/mol. The molecule has 2 aromatic heterocycles. The van der Waals surface area contributed by atoms with Crippen molar-refractivity contribution < 1.29 is 14.4 Å². The van der Waals surface area contributed by atoms with E-state index in [-0.39, 0.29) is 17.9 Å². The number of aromatic amines is 1. The van der Waals surface area contributed by atoms with Crippen molar-refractivity contribution >= 4 is 39.3 Å². The van der Waals surface area contributed by atoms with Crippen molar-refractivity contribution in [3.05, 3.63) is 26.6 Å². The van der Waals surface area contributed by atoms with E-state index >= 15 is 0 Å². The molecule has 3 amide bonds. The van der Waals surface area contributed by atoms with Crippen LogP contribution in [-0.2, 0) is 20.8 Å². The Morgan fingerprint density at radius 1 is 0.935 bits per heavy atom. The highest BCUT2D eigenvalue weighted by Gasteiger charge is 2.31. The largest absolute Gasteiger partial charge is 0.339 e. The summed E-state index contributed by atoms with van der Waals surface area (Å²) >= 11 is 1.49. The lowest BCUT2D eigenvalue weighted by molar-refractivity contribution is -0.153. The van der Waals surface area contributed by atoms with Crippen LogP contribution in [0.5, 0.6) is 0 Å². The molecular weight excluding hydrogens is 418 g/mol. The van der Waals surface area contributed by atoms with E-state index in [1.807, 2.05) is 13.8 Å². The third kappa shape index (κ3) is 4.34. The van der Waals surface area contributed by atoms with Gasteiger partial charge in [-0.2, -0.15) is 0 Å². The number of hydrogen-bond acceptors (Lipinski definition) is 6. The fraction of sp³-hybridized carbons (Fsp3) is 0.571. The standard InChI is InChI=1S/C21H27N5O4S/c1-13-14(2)31-19-17(13)18(28)22-15(23-19)5-6-16(27)24-9-11-26(12-10-24)21(30)20(29)25-7-3-4-8-25/h3-12H2,1-2H3,(H,22,23,28). The molecule has 0 aromatic carbocycles. The molecule has 0 spiro atoms. The maximum absolute atomic E-state index is 12.6. The summed E-state index contributed by atoms with van der Waals surface area (Å²) in [4.78, 5) is 63.7. The summed E-state index contributed by atoms with van der Waals surface area (Å²) < 4.78 is 0. The highest BCUT2D eigenvalue weighted by atomic mass is 32.1. The summed E-state index contributed by atoms with van der Waals surface area (Å²) in [7, 11) is 0. The highest BCUT2D eigenvalue weighted by molar-refractivity contribution is 7.18. The van der Waals surface area contributed by atoms with Gasteiger partial charge in [0.15, 0.2) is 0 Å². The Morgan fingerprint density at radius 2 is 1.52 bits per heavy atom. The second-order valence-electron chi connectivity index (χ2n) is 8.15. The number of carbonyl (C=O) groups is 3. The summed E-state index contributed by atoms with van der Waals surface area (Å²) in [5.74, 6) is -0.427.